The molecule has 43 heavy (non-hydrogen) atoms. The summed E-state index contributed by atoms with van der Waals surface area (Å²) in [5.41, 5.74) is -3.43. The number of methoxy groups -OCH3 is 1. The lowest BCUT2D eigenvalue weighted by Crippen LogP contribution is -2.55. The molecule has 6 rings (SSSR count). The summed E-state index contributed by atoms with van der Waals surface area (Å²) in [5, 5.41) is 55.1. The van der Waals surface area contributed by atoms with E-state index in [9.17, 15) is 39.9 Å². The zero-order valence-corrected chi connectivity index (χ0v) is 23.9. The smallest absolute Gasteiger partial charge is 0.202 e. The first-order valence-electron chi connectivity index (χ1n) is 14.5. The number of carbonyl (C=O) groups is 3. The van der Waals surface area contributed by atoms with Crippen LogP contribution in [0.5, 0.6) is 17.2 Å². The fraction of sp³-hybridized carbons (Fsp3) is 0.516. The molecule has 5 N–H and O–H groups in total. The number of phenolic OH excluding ortho intramolecular Hbond substituents is 2. The molecule has 230 valence electrons. The molecule has 2 aliphatic carbocycles. The maximum Gasteiger partial charge on any atom is 0.202 e. The van der Waals surface area contributed by atoms with Crippen molar-refractivity contribution >= 4 is 17.3 Å². The number of fused-ring (bicyclic) bond motifs is 3. The van der Waals surface area contributed by atoms with E-state index in [-0.39, 0.29) is 40.5 Å². The van der Waals surface area contributed by atoms with Crippen LogP contribution in [0, 0.1) is 0 Å². The molecule has 0 aromatic heterocycles. The van der Waals surface area contributed by atoms with Crippen LogP contribution in [0.4, 0.5) is 0 Å². The second-order valence-corrected chi connectivity index (χ2v) is 11.8. The Morgan fingerprint density at radius 1 is 1.09 bits per heavy atom. The molecule has 4 aliphatic rings. The molecule has 0 radical (unpaired) electrons. The fourth-order valence-corrected chi connectivity index (χ4v) is 7.13. The van der Waals surface area contributed by atoms with Gasteiger partial charge in [-0.25, -0.2) is 0 Å². The number of nitrogens with zero attached hydrogens (tertiary/aromatic N) is 1. The van der Waals surface area contributed by atoms with Crippen LogP contribution < -0.4 is 4.74 Å². The Balaban J connectivity index is 1.46. The molecule has 2 aromatic rings. The third-order valence-electron chi connectivity index (χ3n) is 9.34. The second-order valence-electron chi connectivity index (χ2n) is 11.8. The van der Waals surface area contributed by atoms with Crippen LogP contribution in [-0.2, 0) is 20.7 Å². The first kappa shape index (κ1) is 29.7. The van der Waals surface area contributed by atoms with Gasteiger partial charge in [-0.1, -0.05) is 12.1 Å². The average molecular weight is 598 g/mol. The molecule has 12 heteroatoms. The van der Waals surface area contributed by atoms with Crippen molar-refractivity contribution in [1.29, 1.82) is 0 Å². The summed E-state index contributed by atoms with van der Waals surface area (Å²) in [5.74, 6) is -3.61. The van der Waals surface area contributed by atoms with Gasteiger partial charge in [0, 0.05) is 42.0 Å². The number of Topliss-reactive ketones (excluding diaryl/α,β-unsaturated/α-hetero) is 1. The van der Waals surface area contributed by atoms with Crippen molar-refractivity contribution in [3.8, 4) is 17.2 Å². The minimum atomic E-state index is -2.22. The Kier molecular flexibility index (Phi) is 7.56. The minimum absolute atomic E-state index is 0.0343. The van der Waals surface area contributed by atoms with Gasteiger partial charge in [0.25, 0.3) is 0 Å². The summed E-state index contributed by atoms with van der Waals surface area (Å²) < 4.78 is 17.6. The number of rotatable bonds is 6. The molecule has 2 fully saturated rings. The van der Waals surface area contributed by atoms with Crippen LogP contribution in [-0.4, -0.2) is 105 Å². The Hall–Kier alpha value is -3.39. The molecule has 12 nitrogen and oxygen atoms in total. The van der Waals surface area contributed by atoms with Gasteiger partial charge in [-0.15, -0.1) is 0 Å². The number of carbonyl (C=O) groups excluding carboxylic acids is 3. The zero-order valence-electron chi connectivity index (χ0n) is 23.9. The van der Waals surface area contributed by atoms with Crippen LogP contribution >= 0.6 is 0 Å². The molecular weight excluding hydrogens is 562 g/mol. The highest BCUT2D eigenvalue weighted by molar-refractivity contribution is 6.31. The van der Waals surface area contributed by atoms with E-state index in [0.29, 0.717) is 0 Å². The van der Waals surface area contributed by atoms with E-state index in [4.69, 9.17) is 14.2 Å². The van der Waals surface area contributed by atoms with Crippen LogP contribution in [0.3, 0.4) is 0 Å². The van der Waals surface area contributed by atoms with Crippen LogP contribution in [0.25, 0.3) is 0 Å². The van der Waals surface area contributed by atoms with Gasteiger partial charge in [0.05, 0.1) is 42.1 Å². The van der Waals surface area contributed by atoms with Gasteiger partial charge in [-0.05, 0) is 38.9 Å². The van der Waals surface area contributed by atoms with Gasteiger partial charge in [-0.3, -0.25) is 19.3 Å². The van der Waals surface area contributed by atoms with Crippen LogP contribution in [0.1, 0.15) is 81.7 Å². The zero-order chi connectivity index (χ0) is 30.8. The number of aromatic hydroxyl groups is 2. The van der Waals surface area contributed by atoms with Crippen molar-refractivity contribution in [3.05, 3.63) is 51.6 Å². The van der Waals surface area contributed by atoms with Crippen molar-refractivity contribution in [3.63, 3.8) is 0 Å². The fourth-order valence-electron chi connectivity index (χ4n) is 7.13. The number of likely N-dealkylation sites (tertiary alicyclic amines) is 1. The summed E-state index contributed by atoms with van der Waals surface area (Å²) in [6.07, 6.45) is -2.41. The Labute approximate surface area is 247 Å². The van der Waals surface area contributed by atoms with Crippen molar-refractivity contribution in [1.82, 2.24) is 4.90 Å². The first-order valence-corrected chi connectivity index (χ1v) is 14.5. The summed E-state index contributed by atoms with van der Waals surface area (Å²) in [6, 6.07) is 4.14. The molecule has 4 unspecified atom stereocenters. The Morgan fingerprint density at radius 3 is 2.47 bits per heavy atom. The van der Waals surface area contributed by atoms with E-state index in [0.717, 1.165) is 25.9 Å². The van der Waals surface area contributed by atoms with Crippen molar-refractivity contribution < 1.29 is 54.1 Å². The third kappa shape index (κ3) is 4.64. The number of ether oxygens (including phenoxy) is 3. The highest BCUT2D eigenvalue weighted by atomic mass is 16.7. The molecule has 0 bridgehead atoms. The van der Waals surface area contributed by atoms with Crippen molar-refractivity contribution in [2.45, 2.75) is 75.3 Å². The molecule has 0 spiro atoms. The lowest BCUT2D eigenvalue weighted by Gasteiger charge is -2.44. The predicted molar refractivity (Wildman–Crippen MR) is 148 cm³/mol. The number of aliphatic hydroxyl groups is 3. The number of aliphatic hydroxyl groups excluding tert-OH is 2. The van der Waals surface area contributed by atoms with E-state index >= 15 is 0 Å². The third-order valence-corrected chi connectivity index (χ3v) is 9.34. The summed E-state index contributed by atoms with van der Waals surface area (Å²) in [4.78, 5) is 42.4. The number of hydrogen-bond acceptors (Lipinski definition) is 12. The molecule has 2 saturated heterocycles. The standard InChI is InChI=1S/C31H35NO11/c1-14-26(35)17(32-8-3-4-9-32)10-21(42-14)43-19-12-31(40,20(34)13-33)11-16-23(19)30(39)25-24(28(16)37)27(36)15-6-5-7-18(41-2)22(15)29(25)38/h5-7,14,17,19,21,26,33,35,37,39-40H,3-4,8-13H2,1-2H3/t14?,17?,19-,21?,26?,31-/m0/s1. The number of phenols is 2. The summed E-state index contributed by atoms with van der Waals surface area (Å²) in [6.45, 7) is 2.32. The lowest BCUT2D eigenvalue weighted by atomic mass is 9.72. The van der Waals surface area contributed by atoms with Gasteiger partial charge in [0.2, 0.25) is 5.78 Å². The average Bonchev–Trinajstić information content (AvgIpc) is 3.53. The monoisotopic (exact) mass is 597 g/mol. The van der Waals surface area contributed by atoms with E-state index < -0.39 is 89.6 Å². The predicted octanol–water partition coefficient (Wildman–Crippen LogP) is 1.14. The summed E-state index contributed by atoms with van der Waals surface area (Å²) in [7, 11) is 1.34. The van der Waals surface area contributed by atoms with Crippen LogP contribution in [0.15, 0.2) is 18.2 Å². The Bertz CT molecular complexity index is 1500. The van der Waals surface area contributed by atoms with Gasteiger partial charge < -0.3 is 39.7 Å². The molecule has 2 heterocycles. The number of benzene rings is 2. The normalized spacial score (nSPS) is 30.5. The lowest BCUT2D eigenvalue weighted by molar-refractivity contribution is -0.257. The van der Waals surface area contributed by atoms with Gasteiger partial charge in [0.1, 0.15) is 29.5 Å². The quantitative estimate of drug-likeness (QED) is 0.256. The Morgan fingerprint density at radius 2 is 1.79 bits per heavy atom. The molecule has 0 saturated carbocycles. The van der Waals surface area contributed by atoms with E-state index in [1.807, 2.05) is 0 Å². The van der Waals surface area contributed by atoms with E-state index in [1.54, 1.807) is 6.92 Å². The largest absolute Gasteiger partial charge is 0.507 e. The highest BCUT2D eigenvalue weighted by Gasteiger charge is 2.50. The molecular formula is C31H35NO11. The molecule has 2 aromatic carbocycles. The molecule has 6 atom stereocenters. The highest BCUT2D eigenvalue weighted by Crippen LogP contribution is 2.52. The molecule has 2 aliphatic heterocycles. The van der Waals surface area contributed by atoms with Gasteiger partial charge in [0.15, 0.2) is 17.9 Å². The van der Waals surface area contributed by atoms with Gasteiger partial charge >= 0.3 is 0 Å². The summed E-state index contributed by atoms with van der Waals surface area (Å²) >= 11 is 0. The first-order chi connectivity index (χ1) is 20.5. The van der Waals surface area contributed by atoms with Gasteiger partial charge in [-0.2, -0.15) is 0 Å². The maximum absolute atomic E-state index is 13.8. The SMILES string of the molecule is COc1cccc2c1C(=O)c1c(O)c3c(c(O)c1C2=O)C[C@@](O)(C(=O)CO)C[C@@H]3OC1CC(N2CCCC2)C(O)C(C)O1. The number of hydrogen-bond donors (Lipinski definition) is 5. The topological polar surface area (TPSA) is 183 Å². The molecule has 0 amide bonds. The van der Waals surface area contributed by atoms with Crippen molar-refractivity contribution in [2.24, 2.45) is 0 Å². The minimum Gasteiger partial charge on any atom is -0.507 e. The van der Waals surface area contributed by atoms with E-state index in [2.05, 4.69) is 4.90 Å². The number of ketones is 3. The maximum atomic E-state index is 13.8. The van der Waals surface area contributed by atoms with E-state index in [1.165, 1.54) is 25.3 Å². The second kappa shape index (κ2) is 11.0. The van der Waals surface area contributed by atoms with Crippen molar-refractivity contribution in [2.75, 3.05) is 26.8 Å². The van der Waals surface area contributed by atoms with Crippen LogP contribution in [0.2, 0.25) is 0 Å².